The second kappa shape index (κ2) is 7.09. The maximum atomic E-state index is 12.2. The monoisotopic (exact) mass is 337 g/mol. The zero-order valence-electron chi connectivity index (χ0n) is 13.0. The summed E-state index contributed by atoms with van der Waals surface area (Å²) in [5.74, 6) is 0.223. The van der Waals surface area contributed by atoms with Gasteiger partial charge in [-0.3, -0.25) is 4.79 Å². The summed E-state index contributed by atoms with van der Waals surface area (Å²) < 4.78 is 9.12. The van der Waals surface area contributed by atoms with Crippen LogP contribution in [0.2, 0.25) is 0 Å². The standard InChI is InChI=1S/C13H19N7O2S/c1-9(2)19-8-15-17-13(19)23-7-12(21)16-10-5-22-6-11(10)20-4-3-14-18-20/h3-4,8-11H,5-7H2,1-2H3,(H,16,21)/t10-,11+/m0/s1. The number of hydrogen-bond acceptors (Lipinski definition) is 7. The Morgan fingerprint density at radius 3 is 3.09 bits per heavy atom. The number of rotatable bonds is 6. The third-order valence-electron chi connectivity index (χ3n) is 3.61. The van der Waals surface area contributed by atoms with Gasteiger partial charge in [0.05, 0.1) is 37.2 Å². The molecule has 0 radical (unpaired) electrons. The van der Waals surface area contributed by atoms with E-state index in [1.807, 2.05) is 18.4 Å². The van der Waals surface area contributed by atoms with Crippen molar-refractivity contribution in [1.29, 1.82) is 0 Å². The molecule has 1 saturated heterocycles. The summed E-state index contributed by atoms with van der Waals surface area (Å²) in [4.78, 5) is 12.2. The highest BCUT2D eigenvalue weighted by molar-refractivity contribution is 7.99. The summed E-state index contributed by atoms with van der Waals surface area (Å²) in [6, 6.07) is 0.133. The molecule has 3 rings (SSSR count). The summed E-state index contributed by atoms with van der Waals surface area (Å²) in [6.07, 6.45) is 5.07. The first-order valence-corrected chi connectivity index (χ1v) is 8.39. The molecule has 2 aromatic heterocycles. The van der Waals surface area contributed by atoms with Crippen molar-refractivity contribution in [1.82, 2.24) is 35.1 Å². The van der Waals surface area contributed by atoms with E-state index in [9.17, 15) is 4.79 Å². The summed E-state index contributed by atoms with van der Waals surface area (Å²) >= 11 is 1.37. The summed E-state index contributed by atoms with van der Waals surface area (Å²) in [7, 11) is 0. The first kappa shape index (κ1) is 15.9. The number of nitrogens with one attached hydrogen (secondary N) is 1. The molecule has 10 heteroatoms. The van der Waals surface area contributed by atoms with Gasteiger partial charge in [-0.2, -0.15) is 0 Å². The zero-order chi connectivity index (χ0) is 16.2. The lowest BCUT2D eigenvalue weighted by Gasteiger charge is -2.18. The smallest absolute Gasteiger partial charge is 0.230 e. The van der Waals surface area contributed by atoms with Gasteiger partial charge in [0.25, 0.3) is 0 Å². The molecule has 124 valence electrons. The van der Waals surface area contributed by atoms with E-state index in [0.717, 1.165) is 5.16 Å². The lowest BCUT2D eigenvalue weighted by molar-refractivity contribution is -0.119. The average molecular weight is 337 g/mol. The Bertz CT molecular complexity index is 643. The van der Waals surface area contributed by atoms with Crippen LogP contribution < -0.4 is 5.32 Å². The molecule has 1 N–H and O–H groups in total. The minimum absolute atomic E-state index is 0.0224. The predicted octanol–water partition coefficient (Wildman–Crippen LogP) is 0.299. The fraction of sp³-hybridized carbons (Fsp3) is 0.615. The van der Waals surface area contributed by atoms with E-state index < -0.39 is 0 Å². The Morgan fingerprint density at radius 2 is 2.35 bits per heavy atom. The van der Waals surface area contributed by atoms with E-state index in [4.69, 9.17) is 4.74 Å². The van der Waals surface area contributed by atoms with Crippen LogP contribution in [-0.2, 0) is 9.53 Å². The molecule has 0 bridgehead atoms. The molecule has 23 heavy (non-hydrogen) atoms. The van der Waals surface area contributed by atoms with Gasteiger partial charge in [-0.05, 0) is 13.8 Å². The maximum absolute atomic E-state index is 12.2. The molecule has 2 atom stereocenters. The van der Waals surface area contributed by atoms with Gasteiger partial charge in [0.2, 0.25) is 5.91 Å². The molecular weight excluding hydrogens is 318 g/mol. The minimum Gasteiger partial charge on any atom is -0.377 e. The highest BCUT2D eigenvalue weighted by Gasteiger charge is 2.31. The van der Waals surface area contributed by atoms with Crippen molar-refractivity contribution < 1.29 is 9.53 Å². The highest BCUT2D eigenvalue weighted by Crippen LogP contribution is 2.20. The van der Waals surface area contributed by atoms with E-state index >= 15 is 0 Å². The number of aromatic nitrogens is 6. The second-order valence-corrected chi connectivity index (χ2v) is 6.51. The van der Waals surface area contributed by atoms with Gasteiger partial charge in [0, 0.05) is 12.2 Å². The van der Waals surface area contributed by atoms with E-state index in [2.05, 4.69) is 25.8 Å². The molecule has 2 aromatic rings. The SMILES string of the molecule is CC(C)n1cnnc1SCC(=O)N[C@H]1COC[C@H]1n1ccnn1. The van der Waals surface area contributed by atoms with E-state index in [-0.39, 0.29) is 29.8 Å². The maximum Gasteiger partial charge on any atom is 0.230 e. The van der Waals surface area contributed by atoms with E-state index in [0.29, 0.717) is 13.2 Å². The number of ether oxygens (including phenoxy) is 1. The third kappa shape index (κ3) is 3.70. The average Bonchev–Trinajstić information content (AvgIpc) is 3.25. The Hall–Kier alpha value is -1.94. The summed E-state index contributed by atoms with van der Waals surface area (Å²) in [5.41, 5.74) is 0. The Kier molecular flexibility index (Phi) is 4.91. The first-order chi connectivity index (χ1) is 11.1. The van der Waals surface area contributed by atoms with Crippen molar-refractivity contribution in [2.45, 2.75) is 37.1 Å². The second-order valence-electron chi connectivity index (χ2n) is 5.57. The van der Waals surface area contributed by atoms with Crippen LogP contribution in [0.3, 0.4) is 0 Å². The molecule has 1 aliphatic rings. The molecule has 0 spiro atoms. The van der Waals surface area contributed by atoms with Crippen molar-refractivity contribution in [3.63, 3.8) is 0 Å². The number of carbonyl (C=O) groups excluding carboxylic acids is 1. The van der Waals surface area contributed by atoms with Gasteiger partial charge in [0.1, 0.15) is 6.33 Å². The van der Waals surface area contributed by atoms with Crippen LogP contribution in [0.15, 0.2) is 23.9 Å². The quantitative estimate of drug-likeness (QED) is 0.757. The Labute approximate surface area is 137 Å². The van der Waals surface area contributed by atoms with Crippen LogP contribution in [0, 0.1) is 0 Å². The fourth-order valence-electron chi connectivity index (χ4n) is 2.40. The topological polar surface area (TPSA) is 99.8 Å². The predicted molar refractivity (Wildman–Crippen MR) is 82.9 cm³/mol. The summed E-state index contributed by atoms with van der Waals surface area (Å²) in [5, 5.41) is 19.5. The number of nitrogens with zero attached hydrogens (tertiary/aromatic N) is 6. The van der Waals surface area contributed by atoms with Crippen LogP contribution in [-0.4, -0.2) is 60.7 Å². The van der Waals surface area contributed by atoms with Crippen LogP contribution in [0.25, 0.3) is 0 Å². The lowest BCUT2D eigenvalue weighted by Crippen LogP contribution is -2.41. The van der Waals surface area contributed by atoms with Crippen LogP contribution in [0.5, 0.6) is 0 Å². The normalized spacial score (nSPS) is 21.0. The van der Waals surface area contributed by atoms with Crippen molar-refractivity contribution in [3.8, 4) is 0 Å². The summed E-state index contributed by atoms with van der Waals surface area (Å²) in [6.45, 7) is 5.09. The number of carbonyl (C=O) groups is 1. The van der Waals surface area contributed by atoms with Gasteiger partial charge < -0.3 is 14.6 Å². The molecule has 0 aromatic carbocycles. The first-order valence-electron chi connectivity index (χ1n) is 7.40. The molecular formula is C13H19N7O2S. The number of amides is 1. The van der Waals surface area contributed by atoms with Crippen LogP contribution >= 0.6 is 11.8 Å². The molecule has 0 aliphatic carbocycles. The van der Waals surface area contributed by atoms with Crippen molar-refractivity contribution in [3.05, 3.63) is 18.7 Å². The van der Waals surface area contributed by atoms with Crippen molar-refractivity contribution in [2.24, 2.45) is 0 Å². The van der Waals surface area contributed by atoms with Crippen molar-refractivity contribution in [2.75, 3.05) is 19.0 Å². The lowest BCUT2D eigenvalue weighted by atomic mass is 10.2. The molecule has 0 unspecified atom stereocenters. The van der Waals surface area contributed by atoms with Gasteiger partial charge in [-0.25, -0.2) is 4.68 Å². The fourth-order valence-corrected chi connectivity index (χ4v) is 3.26. The zero-order valence-corrected chi connectivity index (χ0v) is 13.8. The Balaban J connectivity index is 1.54. The Morgan fingerprint density at radius 1 is 1.48 bits per heavy atom. The van der Waals surface area contributed by atoms with Gasteiger partial charge >= 0.3 is 0 Å². The van der Waals surface area contributed by atoms with Crippen molar-refractivity contribution >= 4 is 17.7 Å². The molecule has 1 amide bonds. The van der Waals surface area contributed by atoms with E-state index in [1.165, 1.54) is 11.8 Å². The largest absolute Gasteiger partial charge is 0.377 e. The molecule has 3 heterocycles. The third-order valence-corrected chi connectivity index (χ3v) is 4.56. The number of thioether (sulfide) groups is 1. The van der Waals surface area contributed by atoms with Crippen LogP contribution in [0.1, 0.15) is 25.9 Å². The number of hydrogen-bond donors (Lipinski definition) is 1. The van der Waals surface area contributed by atoms with Gasteiger partial charge in [0.15, 0.2) is 5.16 Å². The molecule has 0 saturated carbocycles. The molecule has 9 nitrogen and oxygen atoms in total. The van der Waals surface area contributed by atoms with Gasteiger partial charge in [-0.1, -0.05) is 17.0 Å². The molecule has 1 aliphatic heterocycles. The molecule has 1 fully saturated rings. The van der Waals surface area contributed by atoms with Gasteiger partial charge in [-0.15, -0.1) is 15.3 Å². The van der Waals surface area contributed by atoms with Crippen LogP contribution in [0.4, 0.5) is 0 Å². The van der Waals surface area contributed by atoms with E-state index in [1.54, 1.807) is 23.4 Å². The highest BCUT2D eigenvalue weighted by atomic mass is 32.2. The minimum atomic E-state index is -0.104.